The molecule has 0 unspecified atom stereocenters. The van der Waals surface area contributed by atoms with Crippen LogP contribution in [0.25, 0.3) is 11.5 Å². The van der Waals surface area contributed by atoms with E-state index in [1.54, 1.807) is 13.1 Å². The third-order valence-corrected chi connectivity index (χ3v) is 2.85. The molecule has 0 saturated heterocycles. The fourth-order valence-corrected chi connectivity index (χ4v) is 1.96. The highest BCUT2D eigenvalue weighted by molar-refractivity contribution is 14.1. The van der Waals surface area contributed by atoms with Crippen molar-refractivity contribution in [1.82, 2.24) is 15.5 Å². The zero-order chi connectivity index (χ0) is 11.5. The third kappa shape index (κ3) is 2.38. The average Bonchev–Trinajstić information content (AvgIpc) is 2.67. The molecule has 2 rings (SSSR count). The van der Waals surface area contributed by atoms with Crippen LogP contribution in [0.5, 0.6) is 0 Å². The van der Waals surface area contributed by atoms with Crippen molar-refractivity contribution in [2.24, 2.45) is 0 Å². The number of aromatic nitrogens is 2. The van der Waals surface area contributed by atoms with E-state index >= 15 is 0 Å². The second-order valence-corrected chi connectivity index (χ2v) is 4.32. The number of hydrogen-bond acceptors (Lipinski definition) is 4. The van der Waals surface area contributed by atoms with Gasteiger partial charge in [-0.1, -0.05) is 0 Å². The summed E-state index contributed by atoms with van der Waals surface area (Å²) in [6, 6.07) is 4.44. The van der Waals surface area contributed by atoms with Crippen LogP contribution in [0.3, 0.4) is 0 Å². The molecule has 1 heterocycles. The topological polar surface area (TPSA) is 51.0 Å². The van der Waals surface area contributed by atoms with Gasteiger partial charge in [0.05, 0.1) is 12.1 Å². The molecule has 0 aliphatic carbocycles. The Balaban J connectivity index is 2.35. The Labute approximate surface area is 105 Å². The minimum absolute atomic E-state index is 0.275. The molecule has 0 radical (unpaired) electrons. The first-order valence-electron chi connectivity index (χ1n) is 4.63. The number of nitrogens with zero attached hydrogens (tertiary/aromatic N) is 2. The predicted octanol–water partition coefficient (Wildman–Crippen LogP) is 2.20. The van der Waals surface area contributed by atoms with Crippen molar-refractivity contribution in [3.8, 4) is 11.5 Å². The Kier molecular flexibility index (Phi) is 3.49. The summed E-state index contributed by atoms with van der Waals surface area (Å²) in [7, 11) is 1.80. The Morgan fingerprint density at radius 1 is 1.44 bits per heavy atom. The Morgan fingerprint density at radius 3 is 2.94 bits per heavy atom. The van der Waals surface area contributed by atoms with Gasteiger partial charge in [0.25, 0.3) is 0 Å². The highest BCUT2D eigenvalue weighted by Crippen LogP contribution is 2.24. The van der Waals surface area contributed by atoms with Gasteiger partial charge in [-0.25, -0.2) is 4.39 Å². The number of halogens is 2. The van der Waals surface area contributed by atoms with Crippen LogP contribution in [0.1, 0.15) is 5.89 Å². The molecule has 1 N–H and O–H groups in total. The summed E-state index contributed by atoms with van der Waals surface area (Å²) >= 11 is 2.04. The fourth-order valence-electron chi connectivity index (χ4n) is 1.25. The van der Waals surface area contributed by atoms with Gasteiger partial charge in [0, 0.05) is 3.57 Å². The maximum absolute atomic E-state index is 12.9. The molecule has 4 nitrogen and oxygen atoms in total. The second kappa shape index (κ2) is 4.88. The van der Waals surface area contributed by atoms with Gasteiger partial charge in [0.2, 0.25) is 11.8 Å². The average molecular weight is 333 g/mol. The summed E-state index contributed by atoms with van der Waals surface area (Å²) < 4.78 is 19.1. The number of hydrogen-bond donors (Lipinski definition) is 1. The molecule has 0 fully saturated rings. The van der Waals surface area contributed by atoms with E-state index in [1.165, 1.54) is 12.1 Å². The summed E-state index contributed by atoms with van der Waals surface area (Å²) in [5.41, 5.74) is 0.747. The van der Waals surface area contributed by atoms with Gasteiger partial charge in [0.1, 0.15) is 5.82 Å². The van der Waals surface area contributed by atoms with Gasteiger partial charge in [-0.2, -0.15) is 0 Å². The molecule has 0 bridgehead atoms. The molecule has 6 heteroatoms. The number of benzene rings is 1. The molecule has 0 amide bonds. The molecule has 0 spiro atoms. The summed E-state index contributed by atoms with van der Waals surface area (Å²) in [5.74, 6) is 0.649. The lowest BCUT2D eigenvalue weighted by Gasteiger charge is -1.98. The second-order valence-electron chi connectivity index (χ2n) is 3.16. The Morgan fingerprint density at radius 2 is 2.25 bits per heavy atom. The van der Waals surface area contributed by atoms with Crippen molar-refractivity contribution >= 4 is 22.6 Å². The van der Waals surface area contributed by atoms with E-state index in [4.69, 9.17) is 4.42 Å². The van der Waals surface area contributed by atoms with Crippen LogP contribution < -0.4 is 5.32 Å². The normalized spacial score (nSPS) is 10.7. The SMILES string of the molecule is CNCc1nnc(-c2ccc(F)cc2I)o1. The quantitative estimate of drug-likeness (QED) is 0.875. The van der Waals surface area contributed by atoms with Crippen molar-refractivity contribution in [2.45, 2.75) is 6.54 Å². The van der Waals surface area contributed by atoms with Crippen LogP contribution in [0.2, 0.25) is 0 Å². The lowest BCUT2D eigenvalue weighted by atomic mass is 10.2. The lowest BCUT2D eigenvalue weighted by Crippen LogP contribution is -2.04. The van der Waals surface area contributed by atoms with E-state index in [0.29, 0.717) is 18.3 Å². The smallest absolute Gasteiger partial charge is 0.248 e. The monoisotopic (exact) mass is 333 g/mol. The molecular weight excluding hydrogens is 324 g/mol. The third-order valence-electron chi connectivity index (χ3n) is 1.96. The largest absolute Gasteiger partial charge is 0.419 e. The molecule has 0 saturated carbocycles. The minimum atomic E-state index is -0.275. The summed E-state index contributed by atoms with van der Waals surface area (Å²) in [4.78, 5) is 0. The molecule has 1 aromatic heterocycles. The predicted molar refractivity (Wildman–Crippen MR) is 65.2 cm³/mol. The highest BCUT2D eigenvalue weighted by atomic mass is 127. The zero-order valence-corrected chi connectivity index (χ0v) is 10.7. The summed E-state index contributed by atoms with van der Waals surface area (Å²) in [5, 5.41) is 10.7. The Hall–Kier alpha value is -1.02. The van der Waals surface area contributed by atoms with Crippen molar-refractivity contribution in [3.63, 3.8) is 0 Å². The van der Waals surface area contributed by atoms with E-state index in [0.717, 1.165) is 9.13 Å². The van der Waals surface area contributed by atoms with Crippen molar-refractivity contribution in [2.75, 3.05) is 7.05 Å². The molecular formula is C10H9FIN3O. The van der Waals surface area contributed by atoms with Crippen LogP contribution in [-0.2, 0) is 6.54 Å². The molecule has 1 aromatic carbocycles. The lowest BCUT2D eigenvalue weighted by molar-refractivity contribution is 0.490. The standard InChI is InChI=1S/C10H9FIN3O/c1-13-5-9-14-15-10(16-9)7-3-2-6(11)4-8(7)12/h2-4,13H,5H2,1H3. The van der Waals surface area contributed by atoms with Crippen LogP contribution >= 0.6 is 22.6 Å². The van der Waals surface area contributed by atoms with Gasteiger partial charge in [0.15, 0.2) is 0 Å². The van der Waals surface area contributed by atoms with E-state index in [-0.39, 0.29) is 5.82 Å². The van der Waals surface area contributed by atoms with Crippen molar-refractivity contribution < 1.29 is 8.81 Å². The van der Waals surface area contributed by atoms with Crippen LogP contribution in [-0.4, -0.2) is 17.2 Å². The molecule has 16 heavy (non-hydrogen) atoms. The maximum Gasteiger partial charge on any atom is 0.248 e. The van der Waals surface area contributed by atoms with E-state index in [1.807, 2.05) is 22.6 Å². The fraction of sp³-hybridized carbons (Fsp3) is 0.200. The van der Waals surface area contributed by atoms with Gasteiger partial charge < -0.3 is 9.73 Å². The van der Waals surface area contributed by atoms with Crippen LogP contribution in [0.15, 0.2) is 22.6 Å². The van der Waals surface area contributed by atoms with Crippen LogP contribution in [0, 0.1) is 9.39 Å². The molecule has 84 valence electrons. The zero-order valence-electron chi connectivity index (χ0n) is 8.50. The van der Waals surface area contributed by atoms with E-state index in [2.05, 4.69) is 15.5 Å². The highest BCUT2D eigenvalue weighted by Gasteiger charge is 2.11. The van der Waals surface area contributed by atoms with E-state index in [9.17, 15) is 4.39 Å². The molecule has 0 atom stereocenters. The van der Waals surface area contributed by atoms with Gasteiger partial charge in [-0.05, 0) is 47.8 Å². The summed E-state index contributed by atoms with van der Waals surface area (Å²) in [6.45, 7) is 0.519. The first-order valence-corrected chi connectivity index (χ1v) is 5.71. The maximum atomic E-state index is 12.9. The van der Waals surface area contributed by atoms with Crippen LogP contribution in [0.4, 0.5) is 4.39 Å². The Bertz CT molecular complexity index is 501. The summed E-state index contributed by atoms with van der Waals surface area (Å²) in [6.07, 6.45) is 0. The molecule has 2 aromatic rings. The molecule has 0 aliphatic heterocycles. The van der Waals surface area contributed by atoms with Gasteiger partial charge >= 0.3 is 0 Å². The molecule has 0 aliphatic rings. The van der Waals surface area contributed by atoms with Crippen molar-refractivity contribution in [1.29, 1.82) is 0 Å². The first-order chi connectivity index (χ1) is 7.70. The first kappa shape index (κ1) is 11.5. The minimum Gasteiger partial charge on any atom is -0.419 e. The van der Waals surface area contributed by atoms with Gasteiger partial charge in [-0.15, -0.1) is 10.2 Å². The number of nitrogens with one attached hydrogen (secondary N) is 1. The van der Waals surface area contributed by atoms with Gasteiger partial charge in [-0.3, -0.25) is 0 Å². The van der Waals surface area contributed by atoms with Crippen molar-refractivity contribution in [3.05, 3.63) is 33.5 Å². The van der Waals surface area contributed by atoms with E-state index < -0.39 is 0 Å². The number of rotatable bonds is 3.